The fraction of sp³-hybridized carbons (Fsp3) is 0.417. The van der Waals surface area contributed by atoms with Gasteiger partial charge in [-0.3, -0.25) is 4.79 Å². The molecular formula is C12H13ClFNO2. The molecule has 1 fully saturated rings. The van der Waals surface area contributed by atoms with E-state index >= 15 is 0 Å². The Kier molecular flexibility index (Phi) is 3.64. The van der Waals surface area contributed by atoms with Gasteiger partial charge in [0.25, 0.3) is 0 Å². The van der Waals surface area contributed by atoms with Gasteiger partial charge in [-0.15, -0.1) is 0 Å². The summed E-state index contributed by atoms with van der Waals surface area (Å²) in [7, 11) is 0. The molecule has 17 heavy (non-hydrogen) atoms. The Bertz CT molecular complexity index is 414. The Morgan fingerprint density at radius 2 is 2.24 bits per heavy atom. The molecule has 0 amide bonds. The molecule has 0 aromatic heterocycles. The molecule has 1 saturated carbocycles. The molecule has 3 nitrogen and oxygen atoms in total. The molecule has 1 aromatic carbocycles. The average Bonchev–Trinajstić information content (AvgIpc) is 3.00. The fourth-order valence-electron chi connectivity index (χ4n) is 1.83. The van der Waals surface area contributed by atoms with Crippen LogP contribution in [0.15, 0.2) is 18.2 Å². The number of hydrogen-bond acceptors (Lipinski definition) is 2. The molecule has 0 spiro atoms. The van der Waals surface area contributed by atoms with Gasteiger partial charge in [-0.1, -0.05) is 11.6 Å². The summed E-state index contributed by atoms with van der Waals surface area (Å²) in [6.07, 6.45) is 1.88. The third kappa shape index (κ3) is 3.41. The number of aliphatic carboxylic acids is 1. The van der Waals surface area contributed by atoms with Gasteiger partial charge in [0.1, 0.15) is 11.9 Å². The Hall–Kier alpha value is -1.13. The van der Waals surface area contributed by atoms with Crippen molar-refractivity contribution < 1.29 is 14.3 Å². The molecule has 1 aliphatic carbocycles. The molecule has 0 aliphatic heterocycles. The third-order valence-electron chi connectivity index (χ3n) is 2.81. The van der Waals surface area contributed by atoms with Gasteiger partial charge in [-0.2, -0.15) is 0 Å². The van der Waals surface area contributed by atoms with Gasteiger partial charge in [-0.25, -0.2) is 4.39 Å². The molecule has 0 saturated heterocycles. The predicted octanol–water partition coefficient (Wildman–Crippen LogP) is 2.43. The number of halogens is 2. The van der Waals surface area contributed by atoms with E-state index in [2.05, 4.69) is 5.32 Å². The largest absolute Gasteiger partial charge is 0.480 e. The standard InChI is InChI=1S/C12H13ClFNO2/c13-9-3-7(4-10(14)5-9)6-15-11(12(16)17)8-1-2-8/h3-5,8,11,15H,1-2,6H2,(H,16,17). The lowest BCUT2D eigenvalue weighted by atomic mass is 10.1. The number of rotatable bonds is 5. The van der Waals surface area contributed by atoms with E-state index < -0.39 is 17.8 Å². The summed E-state index contributed by atoms with van der Waals surface area (Å²) in [6, 6.07) is 3.66. The first-order chi connectivity index (χ1) is 8.06. The third-order valence-corrected chi connectivity index (χ3v) is 3.03. The van der Waals surface area contributed by atoms with Crippen molar-refractivity contribution in [3.8, 4) is 0 Å². The Balaban J connectivity index is 1.98. The quantitative estimate of drug-likeness (QED) is 0.852. The first-order valence-corrected chi connectivity index (χ1v) is 5.85. The van der Waals surface area contributed by atoms with Crippen LogP contribution in [0.25, 0.3) is 0 Å². The fourth-order valence-corrected chi connectivity index (χ4v) is 2.07. The second-order valence-corrected chi connectivity index (χ2v) is 4.75. The van der Waals surface area contributed by atoms with E-state index in [1.807, 2.05) is 0 Å². The van der Waals surface area contributed by atoms with Crippen molar-refractivity contribution in [2.45, 2.75) is 25.4 Å². The Labute approximate surface area is 104 Å². The molecule has 0 radical (unpaired) electrons. The number of carboxylic acid groups (broad SMARTS) is 1. The van der Waals surface area contributed by atoms with E-state index in [0.29, 0.717) is 17.1 Å². The van der Waals surface area contributed by atoms with Crippen LogP contribution in [-0.4, -0.2) is 17.1 Å². The lowest BCUT2D eigenvalue weighted by molar-refractivity contribution is -0.140. The molecular weight excluding hydrogens is 245 g/mol. The summed E-state index contributed by atoms with van der Waals surface area (Å²) < 4.78 is 13.1. The minimum atomic E-state index is -0.852. The van der Waals surface area contributed by atoms with E-state index in [-0.39, 0.29) is 5.92 Å². The van der Waals surface area contributed by atoms with Crippen LogP contribution >= 0.6 is 11.6 Å². The Morgan fingerprint density at radius 1 is 1.53 bits per heavy atom. The summed E-state index contributed by atoms with van der Waals surface area (Å²) in [5.74, 6) is -1.06. The molecule has 1 aliphatic rings. The molecule has 5 heteroatoms. The van der Waals surface area contributed by atoms with Gasteiger partial charge in [0.2, 0.25) is 0 Å². The maximum Gasteiger partial charge on any atom is 0.320 e. The number of hydrogen-bond donors (Lipinski definition) is 2. The minimum absolute atomic E-state index is 0.205. The van der Waals surface area contributed by atoms with Gasteiger partial charge < -0.3 is 10.4 Å². The van der Waals surface area contributed by atoms with Crippen LogP contribution in [0, 0.1) is 11.7 Å². The van der Waals surface area contributed by atoms with Gasteiger partial charge in [0.15, 0.2) is 0 Å². The maximum atomic E-state index is 13.1. The number of carbonyl (C=O) groups is 1. The van der Waals surface area contributed by atoms with Crippen LogP contribution in [0.1, 0.15) is 18.4 Å². The highest BCUT2D eigenvalue weighted by Crippen LogP contribution is 2.32. The maximum absolute atomic E-state index is 13.1. The first kappa shape index (κ1) is 12.3. The molecule has 2 rings (SSSR count). The smallest absolute Gasteiger partial charge is 0.320 e. The normalized spacial score (nSPS) is 16.8. The SMILES string of the molecule is O=C(O)C(NCc1cc(F)cc(Cl)c1)C1CC1. The zero-order valence-electron chi connectivity index (χ0n) is 9.12. The summed E-state index contributed by atoms with van der Waals surface area (Å²) in [5, 5.41) is 12.3. The zero-order valence-corrected chi connectivity index (χ0v) is 9.88. The number of benzene rings is 1. The van der Waals surface area contributed by atoms with Crippen molar-refractivity contribution in [2.24, 2.45) is 5.92 Å². The predicted molar refractivity (Wildman–Crippen MR) is 62.4 cm³/mol. The zero-order chi connectivity index (χ0) is 12.4. The summed E-state index contributed by atoms with van der Waals surface area (Å²) >= 11 is 5.72. The van der Waals surface area contributed by atoms with E-state index in [1.54, 1.807) is 6.07 Å². The van der Waals surface area contributed by atoms with Crippen molar-refractivity contribution in [3.05, 3.63) is 34.6 Å². The van der Waals surface area contributed by atoms with Gasteiger partial charge in [0, 0.05) is 11.6 Å². The second-order valence-electron chi connectivity index (χ2n) is 4.31. The number of nitrogens with one attached hydrogen (secondary N) is 1. The van der Waals surface area contributed by atoms with Crippen LogP contribution < -0.4 is 5.32 Å². The van der Waals surface area contributed by atoms with E-state index in [4.69, 9.17) is 16.7 Å². The van der Waals surface area contributed by atoms with Crippen molar-refractivity contribution in [1.82, 2.24) is 5.32 Å². The summed E-state index contributed by atoms with van der Waals surface area (Å²) in [4.78, 5) is 11.0. The van der Waals surface area contributed by atoms with Crippen LogP contribution in [0.4, 0.5) is 4.39 Å². The van der Waals surface area contributed by atoms with Gasteiger partial charge in [-0.05, 0) is 42.5 Å². The van der Waals surface area contributed by atoms with Crippen molar-refractivity contribution >= 4 is 17.6 Å². The topological polar surface area (TPSA) is 49.3 Å². The van der Waals surface area contributed by atoms with E-state index in [1.165, 1.54) is 12.1 Å². The van der Waals surface area contributed by atoms with Crippen molar-refractivity contribution in [2.75, 3.05) is 0 Å². The monoisotopic (exact) mass is 257 g/mol. The second kappa shape index (κ2) is 5.02. The molecule has 92 valence electrons. The van der Waals surface area contributed by atoms with Gasteiger partial charge in [0.05, 0.1) is 0 Å². The van der Waals surface area contributed by atoms with E-state index in [9.17, 15) is 9.18 Å². The van der Waals surface area contributed by atoms with Crippen LogP contribution in [-0.2, 0) is 11.3 Å². The highest BCUT2D eigenvalue weighted by Gasteiger charge is 2.35. The molecule has 1 unspecified atom stereocenters. The molecule has 0 bridgehead atoms. The average molecular weight is 258 g/mol. The lowest BCUT2D eigenvalue weighted by Gasteiger charge is -2.13. The van der Waals surface area contributed by atoms with Crippen LogP contribution in [0.3, 0.4) is 0 Å². The Morgan fingerprint density at radius 3 is 2.76 bits per heavy atom. The highest BCUT2D eigenvalue weighted by molar-refractivity contribution is 6.30. The van der Waals surface area contributed by atoms with Crippen LogP contribution in [0.2, 0.25) is 5.02 Å². The molecule has 1 aromatic rings. The molecule has 0 heterocycles. The van der Waals surface area contributed by atoms with Crippen molar-refractivity contribution in [3.63, 3.8) is 0 Å². The van der Waals surface area contributed by atoms with Crippen molar-refractivity contribution in [1.29, 1.82) is 0 Å². The minimum Gasteiger partial charge on any atom is -0.480 e. The highest BCUT2D eigenvalue weighted by atomic mass is 35.5. The summed E-state index contributed by atoms with van der Waals surface area (Å²) in [6.45, 7) is 0.310. The van der Waals surface area contributed by atoms with E-state index in [0.717, 1.165) is 12.8 Å². The summed E-state index contributed by atoms with van der Waals surface area (Å²) in [5.41, 5.74) is 0.655. The van der Waals surface area contributed by atoms with Gasteiger partial charge >= 0.3 is 5.97 Å². The first-order valence-electron chi connectivity index (χ1n) is 5.47. The molecule has 2 N–H and O–H groups in total. The molecule has 1 atom stereocenters. The number of carboxylic acids is 1. The van der Waals surface area contributed by atoms with Crippen LogP contribution in [0.5, 0.6) is 0 Å². The lowest BCUT2D eigenvalue weighted by Crippen LogP contribution is -2.38.